The third kappa shape index (κ3) is 5.00. The molecule has 2 aliphatic rings. The summed E-state index contributed by atoms with van der Waals surface area (Å²) >= 11 is 0. The second-order valence-corrected chi connectivity index (χ2v) is 6.03. The van der Waals surface area contributed by atoms with Crippen LogP contribution in [0.15, 0.2) is 17.3 Å². The van der Waals surface area contributed by atoms with Crippen LogP contribution >= 0.6 is 24.0 Å². The highest BCUT2D eigenvalue weighted by molar-refractivity contribution is 14.0. The van der Waals surface area contributed by atoms with E-state index in [1.807, 2.05) is 20.0 Å². The quantitative estimate of drug-likeness (QED) is 0.423. The summed E-state index contributed by atoms with van der Waals surface area (Å²) in [6, 6.07) is 2.55. The summed E-state index contributed by atoms with van der Waals surface area (Å²) in [4.78, 5) is 17.9. The lowest BCUT2D eigenvalue weighted by Gasteiger charge is -2.32. The second-order valence-electron chi connectivity index (χ2n) is 6.03. The van der Waals surface area contributed by atoms with Gasteiger partial charge in [-0.15, -0.1) is 24.0 Å². The molecule has 0 bridgehead atoms. The van der Waals surface area contributed by atoms with E-state index in [4.69, 9.17) is 4.74 Å². The molecule has 0 amide bonds. The lowest BCUT2D eigenvalue weighted by molar-refractivity contribution is 0.0195. The number of rotatable bonds is 3. The number of aryl methyl sites for hydroxylation is 1. The molecule has 0 spiro atoms. The molecule has 24 heavy (non-hydrogen) atoms. The van der Waals surface area contributed by atoms with Gasteiger partial charge in [0.25, 0.3) is 0 Å². The number of hydrogen-bond acceptors (Lipinski definition) is 5. The number of aromatic nitrogens is 2. The van der Waals surface area contributed by atoms with Gasteiger partial charge in [0.05, 0.1) is 25.5 Å². The Bertz CT molecular complexity index is 549. The molecule has 1 unspecified atom stereocenters. The topological polar surface area (TPSA) is 65.9 Å². The van der Waals surface area contributed by atoms with Crippen LogP contribution in [0.25, 0.3) is 0 Å². The summed E-state index contributed by atoms with van der Waals surface area (Å²) in [5.74, 6) is 1.75. The van der Waals surface area contributed by atoms with Gasteiger partial charge in [0.1, 0.15) is 5.82 Å². The largest absolute Gasteiger partial charge is 0.379 e. The highest BCUT2D eigenvalue weighted by Gasteiger charge is 2.30. The van der Waals surface area contributed by atoms with E-state index in [0.717, 1.165) is 56.9 Å². The van der Waals surface area contributed by atoms with Crippen LogP contribution in [-0.2, 0) is 11.3 Å². The molecular weight excluding hydrogens is 419 g/mol. The van der Waals surface area contributed by atoms with Gasteiger partial charge in [0.15, 0.2) is 5.96 Å². The van der Waals surface area contributed by atoms with E-state index in [0.29, 0.717) is 12.6 Å². The van der Waals surface area contributed by atoms with Crippen LogP contribution in [0.5, 0.6) is 0 Å². The molecular formula is C16H27IN6O. The van der Waals surface area contributed by atoms with E-state index in [9.17, 15) is 0 Å². The van der Waals surface area contributed by atoms with E-state index in [-0.39, 0.29) is 24.0 Å². The Morgan fingerprint density at radius 3 is 2.88 bits per heavy atom. The van der Waals surface area contributed by atoms with Gasteiger partial charge in [0, 0.05) is 45.5 Å². The predicted octanol–water partition coefficient (Wildman–Crippen LogP) is 0.885. The maximum absolute atomic E-state index is 5.45. The average molecular weight is 446 g/mol. The zero-order valence-electron chi connectivity index (χ0n) is 14.4. The molecule has 3 heterocycles. The zero-order valence-corrected chi connectivity index (χ0v) is 16.8. The fraction of sp³-hybridized carbons (Fsp3) is 0.688. The summed E-state index contributed by atoms with van der Waals surface area (Å²) in [5.41, 5.74) is 0.988. The molecule has 2 fully saturated rings. The summed E-state index contributed by atoms with van der Waals surface area (Å²) in [7, 11) is 1.84. The van der Waals surface area contributed by atoms with Gasteiger partial charge in [-0.25, -0.2) is 9.97 Å². The third-order valence-electron chi connectivity index (χ3n) is 4.50. The van der Waals surface area contributed by atoms with Gasteiger partial charge in [-0.3, -0.25) is 9.89 Å². The van der Waals surface area contributed by atoms with Crippen molar-refractivity contribution < 1.29 is 4.74 Å². The Kier molecular flexibility index (Phi) is 7.63. The van der Waals surface area contributed by atoms with Gasteiger partial charge in [0.2, 0.25) is 0 Å². The first-order valence-corrected chi connectivity index (χ1v) is 8.32. The minimum atomic E-state index is 0. The molecule has 1 N–H and O–H groups in total. The van der Waals surface area contributed by atoms with Crippen LogP contribution in [0, 0.1) is 6.92 Å². The van der Waals surface area contributed by atoms with Crippen LogP contribution in [-0.4, -0.2) is 78.2 Å². The number of aliphatic imine (C=N–C) groups is 1. The molecule has 3 rings (SSSR count). The molecule has 0 aliphatic carbocycles. The number of likely N-dealkylation sites (tertiary alicyclic amines) is 1. The van der Waals surface area contributed by atoms with Crippen LogP contribution in [0.4, 0.5) is 0 Å². The molecule has 1 atom stereocenters. The minimum Gasteiger partial charge on any atom is -0.379 e. The Morgan fingerprint density at radius 1 is 1.38 bits per heavy atom. The SMILES string of the molecule is CN=C(NCc1ccnc(C)n1)N1CCC(N2CCOCC2)C1.I. The van der Waals surface area contributed by atoms with Crippen molar-refractivity contribution in [1.29, 1.82) is 0 Å². The molecule has 2 saturated heterocycles. The van der Waals surface area contributed by atoms with Gasteiger partial charge in [-0.05, 0) is 19.4 Å². The molecule has 0 aromatic carbocycles. The highest BCUT2D eigenvalue weighted by atomic mass is 127. The fourth-order valence-electron chi connectivity index (χ4n) is 3.28. The first kappa shape index (κ1) is 19.3. The van der Waals surface area contributed by atoms with Crippen LogP contribution in [0.1, 0.15) is 17.9 Å². The zero-order chi connectivity index (χ0) is 16.1. The number of ether oxygens (including phenoxy) is 1. The Hall–Kier alpha value is -1.00. The molecule has 8 heteroatoms. The van der Waals surface area contributed by atoms with E-state index in [1.54, 1.807) is 6.20 Å². The van der Waals surface area contributed by atoms with Gasteiger partial charge in [-0.2, -0.15) is 0 Å². The number of hydrogen-bond donors (Lipinski definition) is 1. The van der Waals surface area contributed by atoms with Crippen molar-refractivity contribution in [3.63, 3.8) is 0 Å². The van der Waals surface area contributed by atoms with Crippen molar-refractivity contribution in [1.82, 2.24) is 25.1 Å². The van der Waals surface area contributed by atoms with Crippen molar-refractivity contribution in [2.24, 2.45) is 4.99 Å². The van der Waals surface area contributed by atoms with Crippen LogP contribution in [0.3, 0.4) is 0 Å². The van der Waals surface area contributed by atoms with Gasteiger partial charge >= 0.3 is 0 Å². The van der Waals surface area contributed by atoms with E-state index in [1.165, 1.54) is 6.42 Å². The van der Waals surface area contributed by atoms with Crippen molar-refractivity contribution in [3.05, 3.63) is 23.8 Å². The molecule has 134 valence electrons. The van der Waals surface area contributed by atoms with E-state index >= 15 is 0 Å². The smallest absolute Gasteiger partial charge is 0.194 e. The lowest BCUT2D eigenvalue weighted by atomic mass is 10.2. The lowest BCUT2D eigenvalue weighted by Crippen LogP contribution is -2.46. The van der Waals surface area contributed by atoms with E-state index < -0.39 is 0 Å². The second kappa shape index (κ2) is 9.47. The fourth-order valence-corrected chi connectivity index (χ4v) is 3.28. The van der Waals surface area contributed by atoms with Crippen molar-refractivity contribution in [2.45, 2.75) is 25.9 Å². The normalized spacial score (nSPS) is 22.3. The maximum Gasteiger partial charge on any atom is 0.194 e. The highest BCUT2D eigenvalue weighted by Crippen LogP contribution is 2.17. The first-order chi connectivity index (χ1) is 11.3. The number of guanidine groups is 1. The Balaban J connectivity index is 0.00000208. The molecule has 1 aromatic heterocycles. The monoisotopic (exact) mass is 446 g/mol. The average Bonchev–Trinajstić information content (AvgIpc) is 3.06. The summed E-state index contributed by atoms with van der Waals surface area (Å²) in [6.45, 7) is 8.47. The van der Waals surface area contributed by atoms with Crippen LogP contribution in [0.2, 0.25) is 0 Å². The van der Waals surface area contributed by atoms with Crippen molar-refractivity contribution in [3.8, 4) is 0 Å². The van der Waals surface area contributed by atoms with Crippen molar-refractivity contribution >= 4 is 29.9 Å². The van der Waals surface area contributed by atoms with Crippen LogP contribution < -0.4 is 5.32 Å². The molecule has 1 aromatic rings. The summed E-state index contributed by atoms with van der Waals surface area (Å²) in [5, 5.41) is 3.42. The van der Waals surface area contributed by atoms with Gasteiger partial charge in [-0.1, -0.05) is 0 Å². The molecule has 7 nitrogen and oxygen atoms in total. The number of halogens is 1. The van der Waals surface area contributed by atoms with Gasteiger partial charge < -0.3 is 15.0 Å². The molecule has 0 radical (unpaired) electrons. The first-order valence-electron chi connectivity index (χ1n) is 8.32. The number of nitrogens with zero attached hydrogens (tertiary/aromatic N) is 5. The third-order valence-corrected chi connectivity index (χ3v) is 4.50. The minimum absolute atomic E-state index is 0. The molecule has 2 aliphatic heterocycles. The number of morpholine rings is 1. The van der Waals surface area contributed by atoms with Crippen molar-refractivity contribution in [2.75, 3.05) is 46.4 Å². The standard InChI is InChI=1S/C16H26N6O.HI/c1-13-18-5-3-14(20-13)11-19-16(17-2)22-6-4-15(12-22)21-7-9-23-10-8-21;/h3,5,15H,4,6-12H2,1-2H3,(H,17,19);1H. The number of nitrogens with one attached hydrogen (secondary N) is 1. The Labute approximate surface area is 160 Å². The summed E-state index contributed by atoms with van der Waals surface area (Å²) < 4.78 is 5.45. The summed E-state index contributed by atoms with van der Waals surface area (Å²) in [6.07, 6.45) is 2.99. The van der Waals surface area contributed by atoms with E-state index in [2.05, 4.69) is 30.1 Å². The Morgan fingerprint density at radius 2 is 2.17 bits per heavy atom. The molecule has 0 saturated carbocycles. The maximum atomic E-state index is 5.45. The predicted molar refractivity (Wildman–Crippen MR) is 105 cm³/mol.